The maximum Gasteiger partial charge on any atom is 0.129 e. The number of hydrogen-bond donors (Lipinski definition) is 1. The number of methoxy groups -OCH3 is 1. The molecule has 0 spiro atoms. The molecule has 0 saturated heterocycles. The molecule has 0 aliphatic heterocycles. The van der Waals surface area contributed by atoms with Gasteiger partial charge in [-0.2, -0.15) is 0 Å². The van der Waals surface area contributed by atoms with E-state index in [0.717, 1.165) is 24.5 Å². The van der Waals surface area contributed by atoms with Gasteiger partial charge in [0, 0.05) is 19.1 Å². The van der Waals surface area contributed by atoms with Crippen LogP contribution in [0.25, 0.3) is 0 Å². The maximum atomic E-state index is 10.3. The summed E-state index contributed by atoms with van der Waals surface area (Å²) in [5, 5.41) is 10.3. The summed E-state index contributed by atoms with van der Waals surface area (Å²) in [5.74, 6) is 1.62. The summed E-state index contributed by atoms with van der Waals surface area (Å²) in [6.07, 6.45) is 2.10. The average molecular weight is 347 g/mol. The molecule has 1 N–H and O–H groups in total. The Morgan fingerprint density at radius 3 is 2.56 bits per heavy atom. The summed E-state index contributed by atoms with van der Waals surface area (Å²) in [5.41, 5.74) is 1.20. The molecule has 2 aromatic rings. The molecule has 1 aromatic heterocycles. The Labute approximate surface area is 150 Å². The van der Waals surface area contributed by atoms with Crippen molar-refractivity contribution in [3.8, 4) is 5.75 Å². The molecule has 1 aromatic carbocycles. The number of hydrogen-bond acceptors (Lipinski definition) is 5. The van der Waals surface area contributed by atoms with Crippen LogP contribution in [0.3, 0.4) is 0 Å². The highest BCUT2D eigenvalue weighted by molar-refractivity contribution is 5.27. The second-order valence-electron chi connectivity index (χ2n) is 6.28. The van der Waals surface area contributed by atoms with Gasteiger partial charge in [-0.05, 0) is 43.2 Å². The number of ether oxygens (including phenoxy) is 2. The zero-order chi connectivity index (χ0) is 18.1. The molecule has 5 nitrogen and oxygen atoms in total. The van der Waals surface area contributed by atoms with Crippen LogP contribution in [0, 0.1) is 0 Å². The Bertz CT molecular complexity index is 582. The van der Waals surface area contributed by atoms with Gasteiger partial charge in [-0.25, -0.2) is 0 Å². The van der Waals surface area contributed by atoms with E-state index in [4.69, 9.17) is 13.9 Å². The van der Waals surface area contributed by atoms with E-state index in [1.807, 2.05) is 24.3 Å². The lowest BCUT2D eigenvalue weighted by atomic mass is 10.1. The van der Waals surface area contributed by atoms with Gasteiger partial charge in [0.2, 0.25) is 0 Å². The summed E-state index contributed by atoms with van der Waals surface area (Å²) in [7, 11) is 1.67. The molecule has 0 fully saturated rings. The van der Waals surface area contributed by atoms with Crippen LogP contribution in [-0.2, 0) is 17.9 Å². The largest absolute Gasteiger partial charge is 0.497 e. The normalized spacial score (nSPS) is 13.8. The highest BCUT2D eigenvalue weighted by atomic mass is 16.5. The van der Waals surface area contributed by atoms with Gasteiger partial charge in [0.25, 0.3) is 0 Å². The highest BCUT2D eigenvalue weighted by Gasteiger charge is 2.17. The second-order valence-corrected chi connectivity index (χ2v) is 6.28. The molecule has 0 bridgehead atoms. The molecule has 1 heterocycles. The third-order valence-corrected chi connectivity index (χ3v) is 4.34. The summed E-state index contributed by atoms with van der Waals surface area (Å²) in [6, 6.07) is 12.1. The van der Waals surface area contributed by atoms with Gasteiger partial charge in [-0.3, -0.25) is 4.90 Å². The van der Waals surface area contributed by atoms with Gasteiger partial charge in [0.05, 0.1) is 26.1 Å². The first-order valence-corrected chi connectivity index (χ1v) is 8.77. The van der Waals surface area contributed by atoms with Crippen molar-refractivity contribution in [2.24, 2.45) is 0 Å². The van der Waals surface area contributed by atoms with Gasteiger partial charge < -0.3 is 19.0 Å². The molecule has 0 amide bonds. The van der Waals surface area contributed by atoms with E-state index in [0.29, 0.717) is 19.2 Å². The quantitative estimate of drug-likeness (QED) is 0.674. The maximum absolute atomic E-state index is 10.3. The standard InChI is InChI=1S/C20H29NO4/c1-4-16(2)21(12-17-7-9-19(23-3)10-8-17)13-18(22)14-24-15-20-6-5-11-25-20/h5-11,16,18,22H,4,12-15H2,1-3H3/t16-,18+/m0/s1. The first kappa shape index (κ1) is 19.5. The Hall–Kier alpha value is -1.82. The third-order valence-electron chi connectivity index (χ3n) is 4.34. The van der Waals surface area contributed by atoms with E-state index in [2.05, 4.69) is 30.9 Å². The van der Waals surface area contributed by atoms with Crippen LogP contribution in [0.1, 0.15) is 31.6 Å². The smallest absolute Gasteiger partial charge is 0.129 e. The zero-order valence-electron chi connectivity index (χ0n) is 15.4. The van der Waals surface area contributed by atoms with Crippen molar-refractivity contribution < 1.29 is 19.0 Å². The van der Waals surface area contributed by atoms with Crippen LogP contribution in [0.4, 0.5) is 0 Å². The minimum atomic E-state index is -0.540. The lowest BCUT2D eigenvalue weighted by molar-refractivity contribution is -0.00271. The predicted octanol–water partition coefficient (Wildman–Crippen LogP) is 3.47. The number of aliphatic hydroxyl groups is 1. The molecule has 0 radical (unpaired) electrons. The molecular formula is C20H29NO4. The molecule has 2 rings (SSSR count). The van der Waals surface area contributed by atoms with Crippen molar-refractivity contribution in [1.29, 1.82) is 0 Å². The molecule has 0 saturated carbocycles. The summed E-state index contributed by atoms with van der Waals surface area (Å²) < 4.78 is 16.0. The van der Waals surface area contributed by atoms with Crippen LogP contribution < -0.4 is 4.74 Å². The average Bonchev–Trinajstić information content (AvgIpc) is 3.14. The second kappa shape index (κ2) is 10.2. The van der Waals surface area contributed by atoms with Gasteiger partial charge in [0.15, 0.2) is 0 Å². The zero-order valence-corrected chi connectivity index (χ0v) is 15.4. The van der Waals surface area contributed by atoms with Crippen molar-refractivity contribution in [1.82, 2.24) is 4.90 Å². The molecule has 5 heteroatoms. The Morgan fingerprint density at radius 1 is 1.20 bits per heavy atom. The van der Waals surface area contributed by atoms with Gasteiger partial charge in [0.1, 0.15) is 18.1 Å². The first-order chi connectivity index (χ1) is 12.1. The summed E-state index contributed by atoms with van der Waals surface area (Å²) in [4.78, 5) is 2.28. The predicted molar refractivity (Wildman–Crippen MR) is 97.5 cm³/mol. The van der Waals surface area contributed by atoms with Crippen molar-refractivity contribution in [3.05, 3.63) is 54.0 Å². The van der Waals surface area contributed by atoms with E-state index in [1.54, 1.807) is 13.4 Å². The molecule has 0 unspecified atom stereocenters. The van der Waals surface area contributed by atoms with Crippen LogP contribution in [0.2, 0.25) is 0 Å². The molecular weight excluding hydrogens is 318 g/mol. The number of benzene rings is 1. The number of furan rings is 1. The molecule has 138 valence electrons. The van der Waals surface area contributed by atoms with E-state index >= 15 is 0 Å². The van der Waals surface area contributed by atoms with Crippen molar-refractivity contribution in [3.63, 3.8) is 0 Å². The molecule has 25 heavy (non-hydrogen) atoms. The molecule has 0 aliphatic carbocycles. The van der Waals surface area contributed by atoms with E-state index < -0.39 is 6.10 Å². The summed E-state index contributed by atoms with van der Waals surface area (Å²) in [6.45, 7) is 6.36. The van der Waals surface area contributed by atoms with E-state index in [1.165, 1.54) is 5.56 Å². The first-order valence-electron chi connectivity index (χ1n) is 8.77. The molecule has 2 atom stereocenters. The van der Waals surface area contributed by atoms with Crippen LogP contribution in [-0.4, -0.2) is 42.4 Å². The van der Waals surface area contributed by atoms with Crippen LogP contribution >= 0.6 is 0 Å². The topological polar surface area (TPSA) is 55.1 Å². The fourth-order valence-corrected chi connectivity index (χ4v) is 2.64. The SMILES string of the molecule is CC[C@H](C)N(Cc1ccc(OC)cc1)C[C@@H](O)COCc1ccco1. The van der Waals surface area contributed by atoms with Gasteiger partial charge >= 0.3 is 0 Å². The Balaban J connectivity index is 1.85. The van der Waals surface area contributed by atoms with Crippen molar-refractivity contribution >= 4 is 0 Å². The third kappa shape index (κ3) is 6.53. The molecule has 0 aliphatic rings. The van der Waals surface area contributed by atoms with Crippen LogP contribution in [0.15, 0.2) is 47.1 Å². The number of aliphatic hydroxyl groups excluding tert-OH is 1. The van der Waals surface area contributed by atoms with Gasteiger partial charge in [-0.15, -0.1) is 0 Å². The monoisotopic (exact) mass is 347 g/mol. The van der Waals surface area contributed by atoms with Crippen LogP contribution in [0.5, 0.6) is 5.75 Å². The Kier molecular flexibility index (Phi) is 7.98. The van der Waals surface area contributed by atoms with Crippen molar-refractivity contribution in [2.45, 2.75) is 45.6 Å². The minimum absolute atomic E-state index is 0.288. The highest BCUT2D eigenvalue weighted by Crippen LogP contribution is 2.16. The fourth-order valence-electron chi connectivity index (χ4n) is 2.64. The van der Waals surface area contributed by atoms with Crippen molar-refractivity contribution in [2.75, 3.05) is 20.3 Å². The van der Waals surface area contributed by atoms with E-state index in [-0.39, 0.29) is 6.61 Å². The fraction of sp³-hybridized carbons (Fsp3) is 0.500. The lowest BCUT2D eigenvalue weighted by Crippen LogP contribution is -2.39. The van der Waals surface area contributed by atoms with E-state index in [9.17, 15) is 5.11 Å². The Morgan fingerprint density at radius 2 is 1.96 bits per heavy atom. The number of nitrogens with zero attached hydrogens (tertiary/aromatic N) is 1. The minimum Gasteiger partial charge on any atom is -0.497 e. The summed E-state index contributed by atoms with van der Waals surface area (Å²) >= 11 is 0. The number of rotatable bonds is 11. The van der Waals surface area contributed by atoms with Gasteiger partial charge in [-0.1, -0.05) is 19.1 Å². The lowest BCUT2D eigenvalue weighted by Gasteiger charge is -2.30.